The number of piperidine rings is 1. The van der Waals surface area contributed by atoms with E-state index in [0.29, 0.717) is 24.9 Å². The number of aromatic nitrogens is 1. The third-order valence-electron chi connectivity index (χ3n) is 6.53. The first-order valence-electron chi connectivity index (χ1n) is 9.83. The Bertz CT molecular complexity index is 832. The molecule has 2 aromatic rings. The SMILES string of the molecule is Cc1coc(C2CNCC3(C4CCC4)C2OC(=O)N3Cc2ccccc2)n1. The van der Waals surface area contributed by atoms with E-state index in [1.165, 1.54) is 6.42 Å². The molecule has 3 heterocycles. The molecule has 1 amide bonds. The number of rotatable bonds is 4. The van der Waals surface area contributed by atoms with Gasteiger partial charge in [-0.1, -0.05) is 36.8 Å². The Hall–Kier alpha value is -2.34. The Kier molecular flexibility index (Phi) is 3.97. The van der Waals surface area contributed by atoms with Crippen LogP contribution >= 0.6 is 0 Å². The number of fused-ring (bicyclic) bond motifs is 1. The van der Waals surface area contributed by atoms with Gasteiger partial charge in [-0.05, 0) is 31.2 Å². The van der Waals surface area contributed by atoms with Crippen molar-refractivity contribution in [2.24, 2.45) is 5.92 Å². The molecule has 0 spiro atoms. The number of amides is 1. The molecule has 5 rings (SSSR count). The van der Waals surface area contributed by atoms with Crippen LogP contribution in [0.2, 0.25) is 0 Å². The van der Waals surface area contributed by atoms with Gasteiger partial charge in [0.25, 0.3) is 0 Å². The summed E-state index contributed by atoms with van der Waals surface area (Å²) in [6, 6.07) is 10.2. The molecule has 2 saturated heterocycles. The van der Waals surface area contributed by atoms with Crippen LogP contribution in [0.3, 0.4) is 0 Å². The molecule has 6 heteroatoms. The fraction of sp³-hybridized carbons (Fsp3) is 0.524. The van der Waals surface area contributed by atoms with Crippen LogP contribution in [0.5, 0.6) is 0 Å². The molecule has 3 aliphatic rings. The predicted octanol–water partition coefficient (Wildman–Crippen LogP) is 3.23. The highest BCUT2D eigenvalue weighted by Gasteiger charge is 2.64. The average Bonchev–Trinajstić information content (AvgIpc) is 3.17. The van der Waals surface area contributed by atoms with E-state index in [1.807, 2.05) is 30.0 Å². The molecule has 2 aliphatic heterocycles. The number of carbonyl (C=O) groups is 1. The zero-order valence-electron chi connectivity index (χ0n) is 15.6. The Morgan fingerprint density at radius 2 is 2.11 bits per heavy atom. The molecule has 3 unspecified atom stereocenters. The first-order chi connectivity index (χ1) is 13.2. The molecule has 3 atom stereocenters. The molecule has 142 valence electrons. The maximum Gasteiger partial charge on any atom is 0.411 e. The minimum absolute atomic E-state index is 0.0576. The number of carbonyl (C=O) groups excluding carboxylic acids is 1. The van der Waals surface area contributed by atoms with Crippen LogP contribution in [0.1, 0.15) is 42.3 Å². The van der Waals surface area contributed by atoms with Crippen LogP contribution in [0.4, 0.5) is 4.79 Å². The number of aryl methyl sites for hydroxylation is 1. The predicted molar refractivity (Wildman–Crippen MR) is 99.2 cm³/mol. The lowest BCUT2D eigenvalue weighted by atomic mass is 9.63. The molecule has 1 saturated carbocycles. The number of hydrogen-bond donors (Lipinski definition) is 1. The van der Waals surface area contributed by atoms with Crippen LogP contribution < -0.4 is 5.32 Å². The number of nitrogens with one attached hydrogen (secondary N) is 1. The van der Waals surface area contributed by atoms with Gasteiger partial charge in [0.15, 0.2) is 0 Å². The Labute approximate surface area is 158 Å². The van der Waals surface area contributed by atoms with E-state index in [1.54, 1.807) is 6.26 Å². The average molecular weight is 367 g/mol. The van der Waals surface area contributed by atoms with Gasteiger partial charge in [0.1, 0.15) is 12.4 Å². The van der Waals surface area contributed by atoms with E-state index >= 15 is 0 Å². The summed E-state index contributed by atoms with van der Waals surface area (Å²) in [7, 11) is 0. The minimum Gasteiger partial charge on any atom is -0.448 e. The Morgan fingerprint density at radius 1 is 1.30 bits per heavy atom. The smallest absolute Gasteiger partial charge is 0.411 e. The second-order valence-corrected chi connectivity index (χ2v) is 8.06. The van der Waals surface area contributed by atoms with Gasteiger partial charge < -0.3 is 14.5 Å². The van der Waals surface area contributed by atoms with E-state index < -0.39 is 0 Å². The molecular weight excluding hydrogens is 342 g/mol. The van der Waals surface area contributed by atoms with E-state index in [0.717, 1.165) is 30.6 Å². The summed E-state index contributed by atoms with van der Waals surface area (Å²) in [5.41, 5.74) is 1.65. The van der Waals surface area contributed by atoms with Crippen molar-refractivity contribution < 1.29 is 13.9 Å². The summed E-state index contributed by atoms with van der Waals surface area (Å²) >= 11 is 0. The number of ether oxygens (including phenoxy) is 1. The molecule has 1 aromatic carbocycles. The van der Waals surface area contributed by atoms with Crippen molar-refractivity contribution in [2.45, 2.75) is 50.3 Å². The van der Waals surface area contributed by atoms with Gasteiger partial charge in [0, 0.05) is 19.6 Å². The fourth-order valence-corrected chi connectivity index (χ4v) is 5.00. The summed E-state index contributed by atoms with van der Waals surface area (Å²) in [5.74, 6) is 1.06. The summed E-state index contributed by atoms with van der Waals surface area (Å²) in [6.07, 6.45) is 4.73. The highest BCUT2D eigenvalue weighted by Crippen LogP contribution is 2.51. The van der Waals surface area contributed by atoms with Gasteiger partial charge >= 0.3 is 6.09 Å². The number of benzene rings is 1. The summed E-state index contributed by atoms with van der Waals surface area (Å²) < 4.78 is 11.7. The van der Waals surface area contributed by atoms with E-state index in [2.05, 4.69) is 22.4 Å². The molecule has 1 aliphatic carbocycles. The first kappa shape index (κ1) is 16.8. The van der Waals surface area contributed by atoms with Gasteiger partial charge in [-0.15, -0.1) is 0 Å². The van der Waals surface area contributed by atoms with Crippen LogP contribution in [-0.4, -0.2) is 40.7 Å². The third kappa shape index (κ3) is 2.57. The molecular formula is C21H25N3O3. The van der Waals surface area contributed by atoms with Crippen molar-refractivity contribution in [1.82, 2.24) is 15.2 Å². The monoisotopic (exact) mass is 367 g/mol. The summed E-state index contributed by atoms with van der Waals surface area (Å²) in [5, 5.41) is 3.57. The van der Waals surface area contributed by atoms with E-state index in [-0.39, 0.29) is 23.7 Å². The molecule has 3 fully saturated rings. The van der Waals surface area contributed by atoms with Crippen molar-refractivity contribution >= 4 is 6.09 Å². The Morgan fingerprint density at radius 3 is 2.78 bits per heavy atom. The number of oxazole rings is 1. The van der Waals surface area contributed by atoms with Crippen molar-refractivity contribution in [3.8, 4) is 0 Å². The molecule has 6 nitrogen and oxygen atoms in total. The number of nitrogens with zero attached hydrogens (tertiary/aromatic N) is 2. The zero-order valence-corrected chi connectivity index (χ0v) is 15.6. The normalized spacial score (nSPS) is 30.7. The van der Waals surface area contributed by atoms with Crippen molar-refractivity contribution in [3.05, 3.63) is 53.7 Å². The highest BCUT2D eigenvalue weighted by molar-refractivity contribution is 5.73. The second kappa shape index (κ2) is 6.37. The van der Waals surface area contributed by atoms with Crippen molar-refractivity contribution in [1.29, 1.82) is 0 Å². The van der Waals surface area contributed by atoms with Crippen molar-refractivity contribution in [3.63, 3.8) is 0 Å². The molecule has 1 aromatic heterocycles. The second-order valence-electron chi connectivity index (χ2n) is 8.06. The number of hydrogen-bond acceptors (Lipinski definition) is 5. The van der Waals surface area contributed by atoms with Crippen LogP contribution in [0, 0.1) is 12.8 Å². The van der Waals surface area contributed by atoms with Gasteiger partial charge in [0.05, 0.1) is 17.2 Å². The zero-order chi connectivity index (χ0) is 18.4. The standard InChI is InChI=1S/C21H25N3O3/c1-14-12-26-19(23-14)17-10-22-13-21(16-8-5-9-16)18(17)27-20(25)24(21)11-15-6-3-2-4-7-15/h2-4,6-7,12,16-18,22H,5,8-11,13H2,1H3. The molecule has 0 bridgehead atoms. The van der Waals surface area contributed by atoms with Gasteiger partial charge in [0.2, 0.25) is 5.89 Å². The topological polar surface area (TPSA) is 67.6 Å². The quantitative estimate of drug-likeness (QED) is 0.899. The van der Waals surface area contributed by atoms with Gasteiger partial charge in [-0.2, -0.15) is 0 Å². The van der Waals surface area contributed by atoms with Crippen LogP contribution in [0.15, 0.2) is 41.0 Å². The minimum atomic E-state index is -0.337. The Balaban J connectivity index is 1.53. The largest absolute Gasteiger partial charge is 0.448 e. The lowest BCUT2D eigenvalue weighted by molar-refractivity contribution is -0.0297. The van der Waals surface area contributed by atoms with Crippen molar-refractivity contribution in [2.75, 3.05) is 13.1 Å². The van der Waals surface area contributed by atoms with Gasteiger partial charge in [-0.3, -0.25) is 4.90 Å². The highest BCUT2D eigenvalue weighted by atomic mass is 16.6. The molecule has 0 radical (unpaired) electrons. The van der Waals surface area contributed by atoms with Crippen LogP contribution in [-0.2, 0) is 11.3 Å². The molecule has 1 N–H and O–H groups in total. The lowest BCUT2D eigenvalue weighted by Crippen LogP contribution is -2.68. The van der Waals surface area contributed by atoms with Gasteiger partial charge in [-0.25, -0.2) is 9.78 Å². The lowest BCUT2D eigenvalue weighted by Gasteiger charge is -2.52. The summed E-state index contributed by atoms with van der Waals surface area (Å²) in [6.45, 7) is 3.97. The summed E-state index contributed by atoms with van der Waals surface area (Å²) in [4.78, 5) is 19.5. The van der Waals surface area contributed by atoms with E-state index in [4.69, 9.17) is 9.15 Å². The van der Waals surface area contributed by atoms with Crippen LogP contribution in [0.25, 0.3) is 0 Å². The van der Waals surface area contributed by atoms with E-state index in [9.17, 15) is 4.79 Å². The first-order valence-corrected chi connectivity index (χ1v) is 9.83. The fourth-order valence-electron chi connectivity index (χ4n) is 5.00. The maximum atomic E-state index is 13.0. The third-order valence-corrected chi connectivity index (χ3v) is 6.53. The maximum absolute atomic E-state index is 13.0. The molecule has 27 heavy (non-hydrogen) atoms.